The molecule has 16 amide bonds. The number of aliphatic hydroxyl groups is 3. The number of carbonyl (C=O) groups is 16. The Labute approximate surface area is 800 Å². The second-order valence-corrected chi connectivity index (χ2v) is 34.6. The number of aliphatic hydroxyl groups excluding tert-OH is 3. The number of aryl methyl sites for hydroxylation is 1. The van der Waals surface area contributed by atoms with Gasteiger partial charge >= 0.3 is 0 Å². The summed E-state index contributed by atoms with van der Waals surface area (Å²) in [6, 6.07) is -2.31. The van der Waals surface area contributed by atoms with Crippen molar-refractivity contribution in [3.8, 4) is 0 Å². The number of tetrazole rings is 1. The lowest BCUT2D eigenvalue weighted by molar-refractivity contribution is -0.143. The molecule has 47 nitrogen and oxygen atoms in total. The van der Waals surface area contributed by atoms with Crippen molar-refractivity contribution in [1.29, 1.82) is 5.41 Å². The number of H-pyrrole nitrogens is 3. The number of guanidine groups is 1. The zero-order valence-corrected chi connectivity index (χ0v) is 78.6. The number of carbonyl (C=O) groups excluding carboxylic acids is 16. The van der Waals surface area contributed by atoms with Crippen molar-refractivity contribution in [3.05, 3.63) is 96.0 Å². The topological polar surface area (TPSA) is 725 Å². The number of primary amides is 2. The molecule has 0 spiro atoms. The molecule has 760 valence electrons. The Morgan fingerprint density at radius 2 is 1.25 bits per heavy atom. The predicted molar refractivity (Wildman–Crippen MR) is 501 cm³/mol. The summed E-state index contributed by atoms with van der Waals surface area (Å²) in [5.74, 6) is -14.2. The molecule has 0 saturated carbocycles. The maximum absolute atomic E-state index is 15.4. The van der Waals surface area contributed by atoms with Crippen LogP contribution >= 0.6 is 0 Å². The van der Waals surface area contributed by atoms with Crippen molar-refractivity contribution in [3.63, 3.8) is 0 Å². The van der Waals surface area contributed by atoms with Gasteiger partial charge in [0.15, 0.2) is 5.96 Å². The van der Waals surface area contributed by atoms with Gasteiger partial charge in [-0.3, -0.25) is 82.1 Å². The summed E-state index contributed by atoms with van der Waals surface area (Å²) in [7, 11) is 0. The summed E-state index contributed by atoms with van der Waals surface area (Å²) in [5.41, 5.74) is 18.9. The molecular formula is C91H140N26O21. The molecule has 3 aromatic heterocycles. The summed E-state index contributed by atoms with van der Waals surface area (Å²) in [4.78, 5) is 236. The number of ether oxygens (including phenoxy) is 2. The summed E-state index contributed by atoms with van der Waals surface area (Å²) in [6.07, 6.45) is 14.7. The minimum absolute atomic E-state index is 0.0174. The van der Waals surface area contributed by atoms with Gasteiger partial charge in [0, 0.05) is 101 Å². The van der Waals surface area contributed by atoms with Crippen LogP contribution in [-0.2, 0) is 112 Å². The Bertz CT molecular complexity index is 4700. The molecule has 13 atom stereocenters. The highest BCUT2D eigenvalue weighted by molar-refractivity contribution is 6.01. The van der Waals surface area contributed by atoms with E-state index in [-0.39, 0.29) is 115 Å². The van der Waals surface area contributed by atoms with Crippen molar-refractivity contribution < 1.29 is 102 Å². The van der Waals surface area contributed by atoms with Crippen molar-refractivity contribution >= 4 is 111 Å². The summed E-state index contributed by atoms with van der Waals surface area (Å²) < 4.78 is 10.8. The monoisotopic (exact) mass is 1930 g/mol. The van der Waals surface area contributed by atoms with Crippen LogP contribution in [0.25, 0.3) is 10.9 Å². The Morgan fingerprint density at radius 3 is 1.93 bits per heavy atom. The number of para-hydroxylation sites is 1. The lowest BCUT2D eigenvalue weighted by Crippen LogP contribution is -2.62. The van der Waals surface area contributed by atoms with Crippen LogP contribution in [0.4, 0.5) is 0 Å². The Morgan fingerprint density at radius 1 is 0.616 bits per heavy atom. The third-order valence-corrected chi connectivity index (χ3v) is 23.4. The molecule has 0 bridgehead atoms. The smallest absolute Gasteiger partial charge is 0.246 e. The number of nitrogens with one attached hydrogen (secondary N) is 18. The van der Waals surface area contributed by atoms with E-state index in [0.717, 1.165) is 56.2 Å². The highest BCUT2D eigenvalue weighted by Crippen LogP contribution is 2.24. The van der Waals surface area contributed by atoms with Crippen LogP contribution in [0.1, 0.15) is 210 Å². The number of hydrogen-bond acceptors (Lipinski definition) is 26. The minimum atomic E-state index is -1.96. The molecule has 2 aliphatic heterocycles. The van der Waals surface area contributed by atoms with Gasteiger partial charge in [0.1, 0.15) is 78.9 Å². The van der Waals surface area contributed by atoms with Gasteiger partial charge in [0.2, 0.25) is 94.5 Å². The van der Waals surface area contributed by atoms with E-state index in [9.17, 15) is 72.9 Å². The van der Waals surface area contributed by atoms with E-state index in [0.29, 0.717) is 34.9 Å². The lowest BCUT2D eigenvalue weighted by atomic mass is 10.0. The fourth-order valence-electron chi connectivity index (χ4n) is 15.8. The molecule has 2 fully saturated rings. The summed E-state index contributed by atoms with van der Waals surface area (Å²) in [6.45, 7) is 0.637. The van der Waals surface area contributed by atoms with Crippen molar-refractivity contribution in [2.45, 2.75) is 292 Å². The molecule has 2 saturated heterocycles. The molecule has 2 aliphatic rings. The number of aromatic nitrogens is 7. The van der Waals surface area contributed by atoms with E-state index in [1.54, 1.807) is 61.7 Å². The van der Waals surface area contributed by atoms with Crippen LogP contribution in [0.3, 0.4) is 0 Å². The van der Waals surface area contributed by atoms with Crippen LogP contribution in [-0.4, -0.2) is 301 Å². The average molecular weight is 1930 g/mol. The number of nitrogens with two attached hydrogens (primary N) is 3. The first-order valence-electron chi connectivity index (χ1n) is 47.6. The number of benzene rings is 2. The van der Waals surface area contributed by atoms with E-state index in [4.69, 9.17) is 32.1 Å². The van der Waals surface area contributed by atoms with Gasteiger partial charge in [0.05, 0.1) is 57.2 Å². The van der Waals surface area contributed by atoms with Gasteiger partial charge in [-0.2, -0.15) is 0 Å². The number of unbranched alkanes of at least 4 members (excludes halogenated alkanes) is 13. The first-order chi connectivity index (χ1) is 66.4. The molecule has 138 heavy (non-hydrogen) atoms. The molecule has 0 radical (unpaired) electrons. The maximum Gasteiger partial charge on any atom is 0.246 e. The van der Waals surface area contributed by atoms with Crippen LogP contribution in [0.5, 0.6) is 0 Å². The highest BCUT2D eigenvalue weighted by Gasteiger charge is 2.45. The van der Waals surface area contributed by atoms with Gasteiger partial charge in [-0.15, -0.1) is 5.10 Å². The zero-order valence-electron chi connectivity index (χ0n) is 78.6. The number of rotatable bonds is 56. The van der Waals surface area contributed by atoms with E-state index in [1.807, 2.05) is 6.07 Å². The minimum Gasteiger partial charge on any atom is -0.394 e. The SMILES string of the molecule is CCCC[C@H](NC(=O)[C@@H](NC(=O)[C@H](Cc1c[nH]cn1)NC(=O)[C@H](CCC(N)=O)NC(=O)[C@H](CO)NC(=O)CNC(=O)COCCOCCNC(=O)CCCCCCCCCCCCCCCc1nnn[nH]1)[C@@H](C)O)C(=O)N[C@H]1CCC(=O)NCCCC[C@@H](C(N)=O)NC(=O)[C@H](Cc2c[nH]c3ccccc23)NC(=O)[C@H](CCCNC(=N)N)NC(=O)[C@@H](Cc2ccccc2)NC(=O)[C@@H]2C[C@@H](O)CN2C1=O. The fourth-order valence-corrected chi connectivity index (χ4v) is 15.8. The Balaban J connectivity index is 0.959. The molecule has 5 heterocycles. The van der Waals surface area contributed by atoms with Gasteiger partial charge < -0.3 is 131 Å². The standard InChI is InChI=1S/C91H140N26O21/c1-3-4-29-64(81(127)108-67-36-38-76(123)97-39-24-23-31-63(80(93)126)104-85(131)69(46-58-49-100-62-30-22-21-28-61(58)62)109-82(128)65(32-25-40-99-91(94)95)105-84(130)68(45-57-26-17-16-18-27-57)111-88(134)72-48-60(120)52-117(72)90(67)136)107-89(135)79(56(2)119)112-86(132)70(47-59-50-96-55-102-59)110-83(129)66(35-37-73(92)121)106-87(133)71(53-118)103-77(124)51-101-78(125)54-138-44-43-137-42-41-98-75(122)34-20-15-13-11-9-7-5-6-8-10-12-14-19-33-74-113-115-116-114-74/h16-18,21-22,26-28,30,49-50,55-56,60,63-72,79,100,118-120H,3-15,19-20,23-25,29,31-48,51-54H2,1-2H3,(H2,92,121)(H2,93,126)(H,96,102)(H,97,123)(H,98,122)(H,101,125)(H,103,124)(H,104,131)(H,105,130)(H,106,133)(H,107,135)(H,108,127)(H,109,128)(H,110,129)(H,111,134)(H,112,132)(H4,94,95,99)(H,113,114,115,116)/t56-,60-,63+,64+,65+,66+,67+,68-,69+,70+,71+,72+,79+/m1/s1. The number of fused-ring (bicyclic) bond motifs is 2. The van der Waals surface area contributed by atoms with E-state index in [1.165, 1.54) is 63.9 Å². The summed E-state index contributed by atoms with van der Waals surface area (Å²) >= 11 is 0. The van der Waals surface area contributed by atoms with E-state index < -0.39 is 232 Å². The lowest BCUT2D eigenvalue weighted by Gasteiger charge is -2.31. The third kappa shape index (κ3) is 41.4. The predicted octanol–water partition coefficient (Wildman–Crippen LogP) is -3.13. The number of hydrogen-bond donors (Lipinski definition) is 24. The highest BCUT2D eigenvalue weighted by atomic mass is 16.5. The number of amides is 16. The van der Waals surface area contributed by atoms with Crippen molar-refractivity contribution in [2.24, 2.45) is 17.2 Å². The van der Waals surface area contributed by atoms with Gasteiger partial charge in [-0.1, -0.05) is 139 Å². The normalized spacial score (nSPS) is 18.9. The first-order valence-corrected chi connectivity index (χ1v) is 47.6. The maximum atomic E-state index is 15.4. The second kappa shape index (κ2) is 61.8. The molecule has 2 aromatic carbocycles. The number of nitrogens with zero attached hydrogens (tertiary/aromatic N) is 5. The van der Waals surface area contributed by atoms with Gasteiger partial charge in [0.25, 0.3) is 0 Å². The van der Waals surface area contributed by atoms with Gasteiger partial charge in [-0.05, 0) is 98.8 Å². The molecule has 0 aliphatic carbocycles. The van der Waals surface area contributed by atoms with E-state index >= 15 is 19.2 Å². The second-order valence-electron chi connectivity index (χ2n) is 34.6. The summed E-state index contributed by atoms with van der Waals surface area (Å²) in [5, 5.41) is 91.4. The van der Waals surface area contributed by atoms with Crippen molar-refractivity contribution in [2.75, 3.05) is 65.8 Å². The van der Waals surface area contributed by atoms with Crippen LogP contribution in [0.15, 0.2) is 73.3 Å². The Kier molecular flexibility index (Phi) is 50.1. The molecule has 47 heteroatoms. The number of aromatic amines is 3. The van der Waals surface area contributed by atoms with E-state index in [2.05, 4.69) is 110 Å². The first kappa shape index (κ1) is 112. The van der Waals surface area contributed by atoms with Crippen LogP contribution < -0.4 is 91.6 Å². The fraction of sp³-hybridized carbons (Fsp3) is 0.615. The average Bonchev–Trinajstić information content (AvgIpc) is 1.60. The molecule has 0 unspecified atom stereocenters. The van der Waals surface area contributed by atoms with Crippen LogP contribution in [0.2, 0.25) is 0 Å². The third-order valence-electron chi connectivity index (χ3n) is 23.4. The molecule has 5 aromatic rings. The molecule has 27 N–H and O–H groups in total. The zero-order chi connectivity index (χ0) is 100. The van der Waals surface area contributed by atoms with Crippen LogP contribution in [0, 0.1) is 5.41 Å². The largest absolute Gasteiger partial charge is 0.394 e. The Hall–Kier alpha value is -13.2. The number of imidazole rings is 1. The quantitative estimate of drug-likeness (QED) is 0.0104. The molecular weight excluding hydrogens is 1790 g/mol. The van der Waals surface area contributed by atoms with Gasteiger partial charge in [-0.25, -0.2) is 10.1 Å². The van der Waals surface area contributed by atoms with Crippen molar-refractivity contribution in [1.82, 2.24) is 115 Å². The molecule has 7 rings (SSSR count).